The lowest BCUT2D eigenvalue weighted by Gasteiger charge is -2.24. The van der Waals surface area contributed by atoms with E-state index in [4.69, 9.17) is 21.1 Å². The fourth-order valence-corrected chi connectivity index (χ4v) is 4.75. The van der Waals surface area contributed by atoms with E-state index in [0.717, 1.165) is 17.0 Å². The molecule has 0 radical (unpaired) electrons. The van der Waals surface area contributed by atoms with Crippen molar-refractivity contribution in [2.75, 3.05) is 13.1 Å². The molecule has 1 saturated heterocycles. The number of carbonyl (C=O) groups is 2. The van der Waals surface area contributed by atoms with E-state index in [9.17, 15) is 9.59 Å². The molecule has 1 fully saturated rings. The van der Waals surface area contributed by atoms with Crippen molar-refractivity contribution in [2.24, 2.45) is 0 Å². The van der Waals surface area contributed by atoms with Crippen molar-refractivity contribution >= 4 is 23.5 Å². The highest BCUT2D eigenvalue weighted by Gasteiger charge is 2.51. The minimum absolute atomic E-state index is 0.200. The van der Waals surface area contributed by atoms with E-state index in [-0.39, 0.29) is 11.9 Å². The zero-order chi connectivity index (χ0) is 22.5. The zero-order valence-corrected chi connectivity index (χ0v) is 18.5. The Hall–Kier alpha value is -3.38. The monoisotopic (exact) mass is 448 g/mol. The second-order valence-electron chi connectivity index (χ2n) is 8.24. The van der Waals surface area contributed by atoms with E-state index in [0.29, 0.717) is 47.2 Å². The summed E-state index contributed by atoms with van der Waals surface area (Å²) in [6, 6.07) is 16.1. The second kappa shape index (κ2) is 7.64. The van der Waals surface area contributed by atoms with Gasteiger partial charge < -0.3 is 14.4 Å². The van der Waals surface area contributed by atoms with Crippen molar-refractivity contribution in [3.8, 4) is 11.5 Å². The molecule has 7 heteroatoms. The number of benzene rings is 2. The van der Waals surface area contributed by atoms with Gasteiger partial charge in [0.25, 0.3) is 5.91 Å². The number of esters is 1. The predicted octanol–water partition coefficient (Wildman–Crippen LogP) is 5.06. The SMILES string of the molecule is Cc1cc(Oc2ccc(C(=O)N3CC[C@@]4(C3)OC(=O)c3ccccc34)c(Cl)c2)cc(C)n1. The Morgan fingerprint density at radius 3 is 2.59 bits per heavy atom. The van der Waals surface area contributed by atoms with Crippen molar-refractivity contribution in [2.45, 2.75) is 25.9 Å². The van der Waals surface area contributed by atoms with Gasteiger partial charge in [0.15, 0.2) is 5.60 Å². The molecule has 0 aliphatic carbocycles. The second-order valence-corrected chi connectivity index (χ2v) is 8.64. The van der Waals surface area contributed by atoms with Crippen LogP contribution >= 0.6 is 11.6 Å². The van der Waals surface area contributed by atoms with Crippen LogP contribution in [-0.4, -0.2) is 34.8 Å². The van der Waals surface area contributed by atoms with Gasteiger partial charge in [-0.15, -0.1) is 0 Å². The standard InChI is InChI=1S/C25H21ClN2O4/c1-15-11-18(12-16(2)27-15)31-17-7-8-20(22(26)13-17)23(29)28-10-9-25(14-28)21-6-4-3-5-19(21)24(30)32-25/h3-8,11-13H,9-10,14H2,1-2H3/t25-/m0/s1. The summed E-state index contributed by atoms with van der Waals surface area (Å²) in [5, 5.41) is 0.305. The van der Waals surface area contributed by atoms with Crippen molar-refractivity contribution in [1.29, 1.82) is 0 Å². The Kier molecular flexibility index (Phi) is 4.90. The van der Waals surface area contributed by atoms with Crippen molar-refractivity contribution in [3.05, 3.63) is 87.7 Å². The number of pyridine rings is 1. The van der Waals surface area contributed by atoms with Crippen LogP contribution in [0.1, 0.15) is 44.1 Å². The molecule has 1 spiro atoms. The van der Waals surface area contributed by atoms with Crippen LogP contribution in [0.2, 0.25) is 5.02 Å². The number of nitrogens with zero attached hydrogens (tertiary/aromatic N) is 2. The third-order valence-electron chi connectivity index (χ3n) is 5.91. The Morgan fingerprint density at radius 1 is 1.09 bits per heavy atom. The van der Waals surface area contributed by atoms with Gasteiger partial charge in [0.2, 0.25) is 0 Å². The summed E-state index contributed by atoms with van der Waals surface area (Å²) in [5.41, 5.74) is 2.73. The molecule has 0 N–H and O–H groups in total. The lowest BCUT2D eigenvalue weighted by Crippen LogP contribution is -2.34. The van der Waals surface area contributed by atoms with Crippen LogP contribution in [0.25, 0.3) is 0 Å². The minimum Gasteiger partial charge on any atom is -0.457 e. The number of hydrogen-bond donors (Lipinski definition) is 0. The molecule has 1 atom stereocenters. The molecular weight excluding hydrogens is 428 g/mol. The summed E-state index contributed by atoms with van der Waals surface area (Å²) in [7, 11) is 0. The first-order valence-electron chi connectivity index (χ1n) is 10.4. The number of ether oxygens (including phenoxy) is 2. The van der Waals surface area contributed by atoms with E-state index < -0.39 is 5.60 Å². The molecule has 0 saturated carbocycles. The van der Waals surface area contributed by atoms with Gasteiger partial charge in [-0.3, -0.25) is 9.78 Å². The summed E-state index contributed by atoms with van der Waals surface area (Å²) in [6.45, 7) is 4.58. The van der Waals surface area contributed by atoms with E-state index in [1.807, 2.05) is 44.2 Å². The molecule has 5 rings (SSSR count). The predicted molar refractivity (Wildman–Crippen MR) is 119 cm³/mol. The maximum Gasteiger partial charge on any atom is 0.339 e. The summed E-state index contributed by atoms with van der Waals surface area (Å²) < 4.78 is 11.6. The highest BCUT2D eigenvalue weighted by atomic mass is 35.5. The first kappa shape index (κ1) is 20.5. The first-order valence-corrected chi connectivity index (χ1v) is 10.8. The number of rotatable bonds is 3. The van der Waals surface area contributed by atoms with Crippen molar-refractivity contribution in [3.63, 3.8) is 0 Å². The molecular formula is C25H21ClN2O4. The summed E-state index contributed by atoms with van der Waals surface area (Å²) in [6.07, 6.45) is 0.557. The molecule has 2 aliphatic rings. The smallest absolute Gasteiger partial charge is 0.339 e. The quantitative estimate of drug-likeness (QED) is 0.524. The summed E-state index contributed by atoms with van der Waals surface area (Å²) in [5.74, 6) is 0.659. The van der Waals surface area contributed by atoms with Gasteiger partial charge in [-0.25, -0.2) is 4.79 Å². The third-order valence-corrected chi connectivity index (χ3v) is 6.22. The number of aromatic nitrogens is 1. The normalized spacial score (nSPS) is 19.2. The first-order chi connectivity index (χ1) is 15.3. The topological polar surface area (TPSA) is 68.7 Å². The number of aryl methyl sites for hydroxylation is 2. The van der Waals surface area contributed by atoms with Gasteiger partial charge in [0, 0.05) is 48.1 Å². The summed E-state index contributed by atoms with van der Waals surface area (Å²) in [4.78, 5) is 31.5. The fourth-order valence-electron chi connectivity index (χ4n) is 4.50. The van der Waals surface area contributed by atoms with Gasteiger partial charge in [0.05, 0.1) is 22.7 Å². The molecule has 3 aromatic rings. The molecule has 162 valence electrons. The van der Waals surface area contributed by atoms with Gasteiger partial charge >= 0.3 is 5.97 Å². The van der Waals surface area contributed by atoms with E-state index in [1.165, 1.54) is 0 Å². The van der Waals surface area contributed by atoms with Crippen LogP contribution < -0.4 is 4.74 Å². The lowest BCUT2D eigenvalue weighted by molar-refractivity contribution is -0.00306. The van der Waals surface area contributed by atoms with Gasteiger partial charge in [0.1, 0.15) is 11.5 Å². The van der Waals surface area contributed by atoms with Crippen LogP contribution in [0.5, 0.6) is 11.5 Å². The Labute approximate surface area is 190 Å². The van der Waals surface area contributed by atoms with Gasteiger partial charge in [-0.05, 0) is 32.0 Å². The number of hydrogen-bond acceptors (Lipinski definition) is 5. The molecule has 6 nitrogen and oxygen atoms in total. The number of fused-ring (bicyclic) bond motifs is 2. The largest absolute Gasteiger partial charge is 0.457 e. The van der Waals surface area contributed by atoms with Crippen LogP contribution in [-0.2, 0) is 10.3 Å². The molecule has 0 bridgehead atoms. The highest BCUT2D eigenvalue weighted by molar-refractivity contribution is 6.34. The molecule has 32 heavy (non-hydrogen) atoms. The number of amides is 1. The average molecular weight is 449 g/mol. The van der Waals surface area contributed by atoms with Crippen LogP contribution in [0.3, 0.4) is 0 Å². The van der Waals surface area contributed by atoms with Gasteiger partial charge in [-0.1, -0.05) is 29.8 Å². The fraction of sp³-hybridized carbons (Fsp3) is 0.240. The molecule has 2 aromatic carbocycles. The van der Waals surface area contributed by atoms with Crippen molar-refractivity contribution < 1.29 is 19.1 Å². The Morgan fingerprint density at radius 2 is 1.84 bits per heavy atom. The number of likely N-dealkylation sites (tertiary alicyclic amines) is 1. The van der Waals surface area contributed by atoms with E-state index in [2.05, 4.69) is 4.98 Å². The van der Waals surface area contributed by atoms with E-state index >= 15 is 0 Å². The van der Waals surface area contributed by atoms with Gasteiger partial charge in [-0.2, -0.15) is 0 Å². The maximum atomic E-state index is 13.2. The zero-order valence-electron chi connectivity index (χ0n) is 17.7. The minimum atomic E-state index is -0.782. The molecule has 3 heterocycles. The Bertz CT molecular complexity index is 1240. The molecule has 0 unspecified atom stereocenters. The van der Waals surface area contributed by atoms with Crippen LogP contribution in [0.15, 0.2) is 54.6 Å². The van der Waals surface area contributed by atoms with Crippen LogP contribution in [0, 0.1) is 13.8 Å². The molecule has 1 amide bonds. The summed E-state index contributed by atoms with van der Waals surface area (Å²) >= 11 is 6.46. The third kappa shape index (κ3) is 3.50. The average Bonchev–Trinajstić information content (AvgIpc) is 3.29. The maximum absolute atomic E-state index is 13.2. The molecule has 1 aromatic heterocycles. The van der Waals surface area contributed by atoms with Crippen molar-refractivity contribution in [1.82, 2.24) is 9.88 Å². The Balaban J connectivity index is 1.35. The highest BCUT2D eigenvalue weighted by Crippen LogP contribution is 2.43. The lowest BCUT2D eigenvalue weighted by atomic mass is 9.91. The van der Waals surface area contributed by atoms with E-state index in [1.54, 1.807) is 29.2 Å². The number of carbonyl (C=O) groups excluding carboxylic acids is 2. The molecule has 2 aliphatic heterocycles. The number of halogens is 1. The van der Waals surface area contributed by atoms with Crippen LogP contribution in [0.4, 0.5) is 0 Å².